The van der Waals surface area contributed by atoms with Crippen molar-refractivity contribution < 1.29 is 4.74 Å². The summed E-state index contributed by atoms with van der Waals surface area (Å²) in [5.41, 5.74) is 6.25. The van der Waals surface area contributed by atoms with Gasteiger partial charge in [-0.1, -0.05) is 36.1 Å². The fourth-order valence-electron chi connectivity index (χ4n) is 4.05. The van der Waals surface area contributed by atoms with E-state index in [0.717, 1.165) is 35.4 Å². The highest BCUT2D eigenvalue weighted by atomic mass is 16.5. The van der Waals surface area contributed by atoms with E-state index in [1.165, 1.54) is 11.1 Å². The first-order valence-corrected chi connectivity index (χ1v) is 11.0. The van der Waals surface area contributed by atoms with E-state index in [2.05, 4.69) is 56.0 Å². The Hall–Kier alpha value is -4.06. The number of hydrogen-bond donors (Lipinski definition) is 2. The van der Waals surface area contributed by atoms with E-state index in [4.69, 9.17) is 17.6 Å². The number of aromatic nitrogens is 4. The van der Waals surface area contributed by atoms with Crippen LogP contribution in [0.5, 0.6) is 0 Å². The molecule has 164 valence electrons. The molecule has 0 bridgehead atoms. The van der Waals surface area contributed by atoms with E-state index in [0.29, 0.717) is 13.2 Å². The van der Waals surface area contributed by atoms with Crippen LogP contribution in [0.15, 0.2) is 73.6 Å². The van der Waals surface area contributed by atoms with Crippen LogP contribution in [0.1, 0.15) is 58.3 Å². The van der Waals surface area contributed by atoms with Crippen molar-refractivity contribution in [3.63, 3.8) is 0 Å². The number of aromatic amines is 2. The summed E-state index contributed by atoms with van der Waals surface area (Å²) in [6, 6.07) is 16.2. The van der Waals surface area contributed by atoms with Gasteiger partial charge in [0.05, 0.1) is 12.7 Å². The van der Waals surface area contributed by atoms with Crippen molar-refractivity contribution in [2.45, 2.75) is 24.7 Å². The lowest BCUT2D eigenvalue weighted by molar-refractivity contribution is 0.124. The third-order valence-electron chi connectivity index (χ3n) is 5.85. The zero-order valence-electron chi connectivity index (χ0n) is 18.4. The monoisotopic (exact) mass is 434 g/mol. The van der Waals surface area contributed by atoms with Gasteiger partial charge in [0, 0.05) is 60.0 Å². The molecule has 0 amide bonds. The van der Waals surface area contributed by atoms with Gasteiger partial charge in [-0.25, -0.2) is 9.97 Å². The summed E-state index contributed by atoms with van der Waals surface area (Å²) in [5, 5.41) is 0. The minimum absolute atomic E-state index is 0.166. The van der Waals surface area contributed by atoms with E-state index in [9.17, 15) is 0 Å². The molecule has 33 heavy (non-hydrogen) atoms. The summed E-state index contributed by atoms with van der Waals surface area (Å²) in [6.45, 7) is 1.26. The Morgan fingerprint density at radius 2 is 1.12 bits per heavy atom. The van der Waals surface area contributed by atoms with Gasteiger partial charge in [0.2, 0.25) is 0 Å². The Labute approximate surface area is 194 Å². The molecule has 0 aliphatic rings. The van der Waals surface area contributed by atoms with Crippen LogP contribution >= 0.6 is 0 Å². The second-order valence-corrected chi connectivity index (χ2v) is 7.84. The zero-order valence-corrected chi connectivity index (χ0v) is 18.4. The molecule has 2 unspecified atom stereocenters. The Bertz CT molecular complexity index is 1100. The number of terminal acetylenes is 2. The first-order chi connectivity index (χ1) is 16.3. The van der Waals surface area contributed by atoms with Gasteiger partial charge in [-0.2, -0.15) is 0 Å². The van der Waals surface area contributed by atoms with Gasteiger partial charge >= 0.3 is 0 Å². The minimum Gasteiger partial charge on any atom is -0.381 e. The predicted octanol–water partition coefficient (Wildman–Crippen LogP) is 4.86. The normalized spacial score (nSPS) is 12.5. The average Bonchev–Trinajstić information content (AvgIpc) is 3.59. The molecular weight excluding hydrogens is 408 g/mol. The van der Waals surface area contributed by atoms with E-state index in [1.807, 2.05) is 36.7 Å². The first kappa shape index (κ1) is 22.1. The summed E-state index contributed by atoms with van der Waals surface area (Å²) in [5.74, 6) is 5.67. The number of ether oxygens (including phenoxy) is 1. The van der Waals surface area contributed by atoms with Gasteiger partial charge < -0.3 is 14.7 Å². The van der Waals surface area contributed by atoms with Gasteiger partial charge in [0.25, 0.3) is 0 Å². The van der Waals surface area contributed by atoms with Crippen LogP contribution in [0, 0.1) is 24.7 Å². The number of benzene rings is 2. The smallest absolute Gasteiger partial charge is 0.0921 e. The molecule has 2 heterocycles. The molecule has 2 N–H and O–H groups in total. The lowest BCUT2D eigenvalue weighted by Gasteiger charge is -2.18. The Morgan fingerprint density at radius 1 is 0.697 bits per heavy atom. The number of rotatable bonds is 10. The fraction of sp³-hybridized carbons (Fsp3) is 0.214. The number of nitrogens with zero attached hydrogens (tertiary/aromatic N) is 2. The highest BCUT2D eigenvalue weighted by molar-refractivity contribution is 5.38. The van der Waals surface area contributed by atoms with E-state index in [-0.39, 0.29) is 11.8 Å². The van der Waals surface area contributed by atoms with Crippen molar-refractivity contribution in [3.05, 3.63) is 107 Å². The summed E-state index contributed by atoms with van der Waals surface area (Å²) >= 11 is 0. The Balaban J connectivity index is 1.37. The Kier molecular flexibility index (Phi) is 7.38. The van der Waals surface area contributed by atoms with Gasteiger partial charge in [-0.05, 0) is 48.2 Å². The molecule has 4 aromatic rings. The third-order valence-corrected chi connectivity index (χ3v) is 5.85. The zero-order chi connectivity index (χ0) is 22.9. The summed E-state index contributed by atoms with van der Waals surface area (Å²) in [6.07, 6.45) is 19.8. The van der Waals surface area contributed by atoms with Gasteiger partial charge in [0.15, 0.2) is 0 Å². The maximum Gasteiger partial charge on any atom is 0.0921 e. The number of nitrogens with one attached hydrogen (secondary N) is 2. The average molecular weight is 435 g/mol. The van der Waals surface area contributed by atoms with Gasteiger partial charge in [-0.3, -0.25) is 0 Å². The van der Waals surface area contributed by atoms with Crippen LogP contribution in [-0.2, 0) is 4.74 Å². The second-order valence-electron chi connectivity index (χ2n) is 7.84. The van der Waals surface area contributed by atoms with Crippen molar-refractivity contribution in [1.29, 1.82) is 0 Å². The molecule has 0 spiro atoms. The highest BCUT2D eigenvalue weighted by Gasteiger charge is 2.18. The highest BCUT2D eigenvalue weighted by Crippen LogP contribution is 2.28. The predicted molar refractivity (Wildman–Crippen MR) is 130 cm³/mol. The quantitative estimate of drug-likeness (QED) is 0.277. The standard InChI is InChI=1S/C28H26N4O/c1-3-21-5-9-23(10-6-21)25(27-17-29-19-31-27)13-15-33-16-14-26(28-18-30-20-32-28)24-11-7-22(4-2)8-12-24/h1-2,5-12,17-20,25-26H,13-16H2,(H,29,31)(H,30,32). The van der Waals surface area contributed by atoms with Crippen LogP contribution in [0.4, 0.5) is 0 Å². The number of imidazole rings is 2. The molecular formula is C28H26N4O. The molecule has 0 aliphatic carbocycles. The molecule has 0 radical (unpaired) electrons. The van der Waals surface area contributed by atoms with Crippen molar-refractivity contribution in [2.24, 2.45) is 0 Å². The van der Waals surface area contributed by atoms with Crippen LogP contribution in [0.25, 0.3) is 0 Å². The van der Waals surface area contributed by atoms with Crippen molar-refractivity contribution >= 4 is 0 Å². The second kappa shape index (κ2) is 11.0. The summed E-state index contributed by atoms with van der Waals surface area (Å²) in [7, 11) is 0. The summed E-state index contributed by atoms with van der Waals surface area (Å²) in [4.78, 5) is 14.9. The molecule has 0 saturated carbocycles. The van der Waals surface area contributed by atoms with Crippen LogP contribution < -0.4 is 0 Å². The van der Waals surface area contributed by atoms with Crippen LogP contribution in [0.3, 0.4) is 0 Å². The third kappa shape index (κ3) is 5.60. The lowest BCUT2D eigenvalue weighted by atomic mass is 9.92. The molecule has 5 nitrogen and oxygen atoms in total. The maximum absolute atomic E-state index is 6.09. The molecule has 2 atom stereocenters. The topological polar surface area (TPSA) is 66.6 Å². The van der Waals surface area contributed by atoms with Gasteiger partial charge in [0.1, 0.15) is 0 Å². The first-order valence-electron chi connectivity index (χ1n) is 11.0. The van der Waals surface area contributed by atoms with Gasteiger partial charge in [-0.15, -0.1) is 12.8 Å². The maximum atomic E-state index is 6.09. The van der Waals surface area contributed by atoms with Crippen molar-refractivity contribution in [1.82, 2.24) is 19.9 Å². The van der Waals surface area contributed by atoms with E-state index >= 15 is 0 Å². The largest absolute Gasteiger partial charge is 0.381 e. The molecule has 5 heteroatoms. The summed E-state index contributed by atoms with van der Waals surface area (Å²) < 4.78 is 6.09. The molecule has 0 saturated heterocycles. The molecule has 0 fully saturated rings. The molecule has 0 aliphatic heterocycles. The number of H-pyrrole nitrogens is 2. The van der Waals surface area contributed by atoms with Crippen molar-refractivity contribution in [2.75, 3.05) is 13.2 Å². The molecule has 4 rings (SSSR count). The van der Waals surface area contributed by atoms with Crippen molar-refractivity contribution in [3.8, 4) is 24.7 Å². The Morgan fingerprint density at radius 3 is 1.45 bits per heavy atom. The minimum atomic E-state index is 0.166. The SMILES string of the molecule is C#Cc1ccc(C(CCOCCC(c2ccc(C#C)cc2)c2cnc[nH]2)c2cnc[nH]2)cc1. The van der Waals surface area contributed by atoms with Crippen LogP contribution in [0.2, 0.25) is 0 Å². The molecule has 2 aromatic carbocycles. The molecule has 2 aromatic heterocycles. The number of hydrogen-bond acceptors (Lipinski definition) is 3. The van der Waals surface area contributed by atoms with E-state index < -0.39 is 0 Å². The fourth-order valence-corrected chi connectivity index (χ4v) is 4.05. The lowest BCUT2D eigenvalue weighted by Crippen LogP contribution is -2.10. The van der Waals surface area contributed by atoms with Crippen LogP contribution in [-0.4, -0.2) is 33.1 Å². The van der Waals surface area contributed by atoms with E-state index in [1.54, 1.807) is 12.7 Å².